The minimum atomic E-state index is -0.0908. The second-order valence-corrected chi connectivity index (χ2v) is 6.70. The van der Waals surface area contributed by atoms with Crippen molar-refractivity contribution in [3.63, 3.8) is 0 Å². The van der Waals surface area contributed by atoms with Crippen LogP contribution in [0.1, 0.15) is 22.3 Å². The first kappa shape index (κ1) is 17.8. The van der Waals surface area contributed by atoms with E-state index in [4.69, 9.17) is 5.73 Å². The van der Waals surface area contributed by atoms with Crippen LogP contribution in [0.4, 0.5) is 17.1 Å². The predicted octanol–water partition coefficient (Wildman–Crippen LogP) is 2.36. The summed E-state index contributed by atoms with van der Waals surface area (Å²) in [4.78, 5) is 27.9. The van der Waals surface area contributed by atoms with Crippen molar-refractivity contribution in [3.05, 3.63) is 53.6 Å². The normalized spacial score (nSPS) is 13.1. The molecule has 2 amide bonds. The molecule has 0 atom stereocenters. The number of hydrogen-bond donors (Lipinski definition) is 2. The highest BCUT2D eigenvalue weighted by molar-refractivity contribution is 5.96. The predicted molar refractivity (Wildman–Crippen MR) is 104 cm³/mol. The second-order valence-electron chi connectivity index (χ2n) is 6.70. The van der Waals surface area contributed by atoms with E-state index in [2.05, 4.69) is 10.2 Å². The number of rotatable bonds is 4. The zero-order valence-corrected chi connectivity index (χ0v) is 15.2. The van der Waals surface area contributed by atoms with E-state index in [9.17, 15) is 9.59 Å². The molecule has 1 aliphatic heterocycles. The number of nitrogens with two attached hydrogens (primary N) is 1. The van der Waals surface area contributed by atoms with Gasteiger partial charge < -0.3 is 20.9 Å². The third-order valence-corrected chi connectivity index (χ3v) is 4.54. The Morgan fingerprint density at radius 1 is 1.15 bits per heavy atom. The second kappa shape index (κ2) is 7.47. The molecule has 0 unspecified atom stereocenters. The van der Waals surface area contributed by atoms with Crippen LogP contribution in [0.2, 0.25) is 0 Å². The Hall–Kier alpha value is -3.02. The van der Waals surface area contributed by atoms with Gasteiger partial charge in [-0.25, -0.2) is 0 Å². The molecular weight excluding hydrogens is 328 g/mol. The van der Waals surface area contributed by atoms with Gasteiger partial charge in [-0.2, -0.15) is 0 Å². The molecule has 26 heavy (non-hydrogen) atoms. The summed E-state index contributed by atoms with van der Waals surface area (Å²) in [6.07, 6.45) is 1.93. The van der Waals surface area contributed by atoms with Gasteiger partial charge in [-0.3, -0.25) is 9.59 Å². The van der Waals surface area contributed by atoms with E-state index in [-0.39, 0.29) is 18.4 Å². The molecule has 1 heterocycles. The summed E-state index contributed by atoms with van der Waals surface area (Å²) in [5, 5.41) is 2.89. The van der Waals surface area contributed by atoms with Gasteiger partial charge in [-0.05, 0) is 54.8 Å². The van der Waals surface area contributed by atoms with E-state index in [1.54, 1.807) is 38.4 Å². The molecule has 3 rings (SSSR count). The van der Waals surface area contributed by atoms with Crippen LogP contribution in [-0.2, 0) is 11.2 Å². The summed E-state index contributed by atoms with van der Waals surface area (Å²) >= 11 is 0. The molecule has 1 aliphatic rings. The first-order chi connectivity index (χ1) is 12.5. The number of carbonyl (C=O) groups excluding carboxylic acids is 2. The number of hydrogen-bond acceptors (Lipinski definition) is 4. The minimum Gasteiger partial charge on any atom is -0.398 e. The van der Waals surface area contributed by atoms with Crippen LogP contribution >= 0.6 is 0 Å². The monoisotopic (exact) mass is 352 g/mol. The van der Waals surface area contributed by atoms with Crippen molar-refractivity contribution in [1.29, 1.82) is 0 Å². The van der Waals surface area contributed by atoms with Gasteiger partial charge in [0.2, 0.25) is 5.91 Å². The molecule has 6 nitrogen and oxygen atoms in total. The number of anilines is 3. The van der Waals surface area contributed by atoms with Crippen molar-refractivity contribution in [1.82, 2.24) is 4.90 Å². The quantitative estimate of drug-likeness (QED) is 0.828. The van der Waals surface area contributed by atoms with Crippen molar-refractivity contribution in [2.24, 2.45) is 0 Å². The highest BCUT2D eigenvalue weighted by atomic mass is 16.2. The van der Waals surface area contributed by atoms with Crippen molar-refractivity contribution in [3.8, 4) is 0 Å². The van der Waals surface area contributed by atoms with E-state index in [1.807, 2.05) is 18.2 Å². The lowest BCUT2D eigenvalue weighted by Crippen LogP contribution is -2.37. The number of nitrogens with one attached hydrogen (secondary N) is 1. The van der Waals surface area contributed by atoms with Gasteiger partial charge in [-0.15, -0.1) is 0 Å². The van der Waals surface area contributed by atoms with Crippen LogP contribution in [0.3, 0.4) is 0 Å². The number of nitrogen functional groups attached to an aromatic ring is 1. The van der Waals surface area contributed by atoms with Crippen LogP contribution in [0, 0.1) is 0 Å². The first-order valence-corrected chi connectivity index (χ1v) is 8.69. The molecule has 0 bridgehead atoms. The lowest BCUT2D eigenvalue weighted by atomic mass is 10.00. The van der Waals surface area contributed by atoms with Crippen molar-refractivity contribution in [2.75, 3.05) is 43.1 Å². The molecule has 0 aliphatic carbocycles. The standard InChI is InChI=1S/C20H24N4O2/c1-23(2)20(26)14-8-10-15(11-9-14)22-19(25)13-24-12-4-5-16-17(21)6-3-7-18(16)24/h3,6-11H,4-5,12-13,21H2,1-2H3,(H,22,25). The number of fused-ring (bicyclic) bond motifs is 1. The Balaban J connectivity index is 1.65. The zero-order valence-electron chi connectivity index (χ0n) is 15.2. The minimum absolute atomic E-state index is 0.0645. The number of amides is 2. The largest absolute Gasteiger partial charge is 0.398 e. The fourth-order valence-electron chi connectivity index (χ4n) is 3.22. The lowest BCUT2D eigenvalue weighted by Gasteiger charge is -2.31. The van der Waals surface area contributed by atoms with Gasteiger partial charge in [-0.1, -0.05) is 6.07 Å². The number of carbonyl (C=O) groups is 2. The molecule has 0 saturated carbocycles. The molecule has 0 aromatic heterocycles. The third-order valence-electron chi connectivity index (χ3n) is 4.54. The van der Waals surface area contributed by atoms with Crippen molar-refractivity contribution >= 4 is 28.9 Å². The fraction of sp³-hybridized carbons (Fsp3) is 0.300. The molecular formula is C20H24N4O2. The molecule has 2 aromatic rings. The van der Waals surface area contributed by atoms with Crippen LogP contribution < -0.4 is 16.0 Å². The smallest absolute Gasteiger partial charge is 0.253 e. The van der Waals surface area contributed by atoms with Crippen LogP contribution in [0.15, 0.2) is 42.5 Å². The Labute approximate surface area is 153 Å². The maximum atomic E-state index is 12.4. The van der Waals surface area contributed by atoms with Gasteiger partial charge in [0.1, 0.15) is 0 Å². The Morgan fingerprint density at radius 2 is 1.88 bits per heavy atom. The SMILES string of the molecule is CN(C)C(=O)c1ccc(NC(=O)CN2CCCc3c(N)cccc32)cc1. The lowest BCUT2D eigenvalue weighted by molar-refractivity contribution is -0.115. The topological polar surface area (TPSA) is 78.7 Å². The Bertz CT molecular complexity index is 815. The summed E-state index contributed by atoms with van der Waals surface area (Å²) in [5.41, 5.74) is 10.3. The maximum Gasteiger partial charge on any atom is 0.253 e. The van der Waals surface area contributed by atoms with E-state index < -0.39 is 0 Å². The van der Waals surface area contributed by atoms with E-state index in [0.717, 1.165) is 36.3 Å². The molecule has 6 heteroatoms. The molecule has 0 fully saturated rings. The maximum absolute atomic E-state index is 12.4. The first-order valence-electron chi connectivity index (χ1n) is 8.69. The van der Waals surface area contributed by atoms with Crippen LogP contribution in [-0.4, -0.2) is 43.9 Å². The highest BCUT2D eigenvalue weighted by Gasteiger charge is 2.20. The average molecular weight is 352 g/mol. The molecule has 136 valence electrons. The number of benzene rings is 2. The summed E-state index contributed by atoms with van der Waals surface area (Å²) in [6, 6.07) is 12.8. The molecule has 0 spiro atoms. The summed E-state index contributed by atoms with van der Waals surface area (Å²) in [7, 11) is 3.42. The van der Waals surface area contributed by atoms with Crippen molar-refractivity contribution in [2.45, 2.75) is 12.8 Å². The molecule has 3 N–H and O–H groups in total. The molecule has 0 radical (unpaired) electrons. The van der Waals surface area contributed by atoms with Crippen LogP contribution in [0.5, 0.6) is 0 Å². The van der Waals surface area contributed by atoms with E-state index in [0.29, 0.717) is 11.3 Å². The van der Waals surface area contributed by atoms with Crippen molar-refractivity contribution < 1.29 is 9.59 Å². The summed E-state index contributed by atoms with van der Waals surface area (Å²) in [5.74, 6) is -0.155. The molecule has 0 saturated heterocycles. The van der Waals surface area contributed by atoms with Gasteiger partial charge in [0.05, 0.1) is 6.54 Å². The summed E-state index contributed by atoms with van der Waals surface area (Å²) in [6.45, 7) is 1.11. The Kier molecular flexibility index (Phi) is 5.11. The van der Waals surface area contributed by atoms with Crippen LogP contribution in [0.25, 0.3) is 0 Å². The average Bonchev–Trinajstić information content (AvgIpc) is 2.62. The van der Waals surface area contributed by atoms with Gasteiger partial charge in [0.25, 0.3) is 5.91 Å². The highest BCUT2D eigenvalue weighted by Crippen LogP contribution is 2.31. The third kappa shape index (κ3) is 3.79. The van der Waals surface area contributed by atoms with Gasteiger partial charge in [0.15, 0.2) is 0 Å². The number of nitrogens with zero attached hydrogens (tertiary/aromatic N) is 2. The van der Waals surface area contributed by atoms with Gasteiger partial charge in [0, 0.05) is 43.3 Å². The fourth-order valence-corrected chi connectivity index (χ4v) is 3.22. The van der Waals surface area contributed by atoms with Gasteiger partial charge >= 0.3 is 0 Å². The Morgan fingerprint density at radius 3 is 2.58 bits per heavy atom. The van der Waals surface area contributed by atoms with E-state index >= 15 is 0 Å². The van der Waals surface area contributed by atoms with E-state index in [1.165, 1.54) is 4.90 Å². The summed E-state index contributed by atoms with van der Waals surface area (Å²) < 4.78 is 0. The zero-order chi connectivity index (χ0) is 18.7. The molecule has 2 aromatic carbocycles.